The maximum absolute atomic E-state index is 12.8. The monoisotopic (exact) mass is 333 g/mol. The van der Waals surface area contributed by atoms with E-state index in [0.717, 1.165) is 11.1 Å². The van der Waals surface area contributed by atoms with Crippen molar-refractivity contribution in [3.63, 3.8) is 0 Å². The van der Waals surface area contributed by atoms with Crippen LogP contribution in [0.4, 0.5) is 0 Å². The Morgan fingerprint density at radius 2 is 1.61 bits per heavy atom. The Hall–Kier alpha value is -1.69. The molecule has 0 amide bonds. The van der Waals surface area contributed by atoms with Gasteiger partial charge in [0.2, 0.25) is 10.0 Å². The Labute approximate surface area is 138 Å². The second-order valence-corrected chi connectivity index (χ2v) is 7.71. The average molecular weight is 333 g/mol. The molecule has 0 aliphatic heterocycles. The molecule has 2 aromatic rings. The van der Waals surface area contributed by atoms with Crippen LogP contribution in [0.2, 0.25) is 0 Å². The van der Waals surface area contributed by atoms with E-state index >= 15 is 0 Å². The van der Waals surface area contributed by atoms with Crippen molar-refractivity contribution in [2.24, 2.45) is 0 Å². The summed E-state index contributed by atoms with van der Waals surface area (Å²) in [6.45, 7) is 4.24. The molecule has 0 unspecified atom stereocenters. The first-order valence-corrected chi connectivity index (χ1v) is 9.14. The van der Waals surface area contributed by atoms with Crippen LogP contribution in [0.25, 0.3) is 0 Å². The van der Waals surface area contributed by atoms with Crippen LogP contribution in [0.5, 0.6) is 0 Å². The fraction of sp³-hybridized carbons (Fsp3) is 0.333. The third-order valence-electron chi connectivity index (χ3n) is 3.74. The van der Waals surface area contributed by atoms with Crippen LogP contribution in [0.15, 0.2) is 59.5 Å². The van der Waals surface area contributed by atoms with E-state index in [1.807, 2.05) is 42.5 Å². The SMILES string of the molecule is CC(C)c1ccc(S(=O)(=O)N(CCO)Cc2ccccc2)cc1. The van der Waals surface area contributed by atoms with Crippen molar-refractivity contribution >= 4 is 10.0 Å². The maximum atomic E-state index is 12.8. The lowest BCUT2D eigenvalue weighted by atomic mass is 10.0. The van der Waals surface area contributed by atoms with Gasteiger partial charge in [-0.15, -0.1) is 0 Å². The van der Waals surface area contributed by atoms with Gasteiger partial charge in [0.15, 0.2) is 0 Å². The van der Waals surface area contributed by atoms with E-state index in [1.165, 1.54) is 4.31 Å². The highest BCUT2D eigenvalue weighted by Crippen LogP contribution is 2.21. The zero-order chi connectivity index (χ0) is 16.9. The number of nitrogens with zero attached hydrogens (tertiary/aromatic N) is 1. The zero-order valence-corrected chi connectivity index (χ0v) is 14.3. The van der Waals surface area contributed by atoms with Gasteiger partial charge in [-0.2, -0.15) is 4.31 Å². The van der Waals surface area contributed by atoms with Gasteiger partial charge in [-0.25, -0.2) is 8.42 Å². The zero-order valence-electron chi connectivity index (χ0n) is 13.5. The summed E-state index contributed by atoms with van der Waals surface area (Å²) in [6, 6.07) is 16.4. The van der Waals surface area contributed by atoms with Gasteiger partial charge in [0.05, 0.1) is 11.5 Å². The first-order valence-electron chi connectivity index (χ1n) is 7.70. The lowest BCUT2D eigenvalue weighted by molar-refractivity contribution is 0.251. The molecular weight excluding hydrogens is 310 g/mol. The van der Waals surface area contributed by atoms with Gasteiger partial charge in [-0.05, 0) is 29.2 Å². The molecule has 0 bridgehead atoms. The number of hydrogen-bond acceptors (Lipinski definition) is 3. The molecule has 0 spiro atoms. The summed E-state index contributed by atoms with van der Waals surface area (Å²) in [5.74, 6) is 0.351. The lowest BCUT2D eigenvalue weighted by Crippen LogP contribution is -2.33. The minimum Gasteiger partial charge on any atom is -0.395 e. The Bertz CT molecular complexity index is 710. The average Bonchev–Trinajstić information content (AvgIpc) is 2.55. The van der Waals surface area contributed by atoms with Crippen LogP contribution in [-0.4, -0.2) is 31.0 Å². The third kappa shape index (κ3) is 4.41. The summed E-state index contributed by atoms with van der Waals surface area (Å²) in [6.07, 6.45) is 0. The van der Waals surface area contributed by atoms with Gasteiger partial charge in [0.25, 0.3) is 0 Å². The molecule has 23 heavy (non-hydrogen) atoms. The highest BCUT2D eigenvalue weighted by atomic mass is 32.2. The molecule has 5 heteroatoms. The molecule has 0 aromatic heterocycles. The van der Waals surface area contributed by atoms with E-state index in [4.69, 9.17) is 0 Å². The molecule has 2 aromatic carbocycles. The van der Waals surface area contributed by atoms with Crippen LogP contribution >= 0.6 is 0 Å². The van der Waals surface area contributed by atoms with Crippen molar-refractivity contribution in [3.8, 4) is 0 Å². The second kappa shape index (κ2) is 7.73. The first kappa shape index (κ1) is 17.7. The molecule has 0 atom stereocenters. The van der Waals surface area contributed by atoms with Crippen molar-refractivity contribution in [1.82, 2.24) is 4.31 Å². The van der Waals surface area contributed by atoms with Crippen LogP contribution in [0, 0.1) is 0 Å². The molecule has 1 N–H and O–H groups in total. The first-order chi connectivity index (χ1) is 10.9. The van der Waals surface area contributed by atoms with Gasteiger partial charge in [0.1, 0.15) is 0 Å². The van der Waals surface area contributed by atoms with Crippen molar-refractivity contribution in [1.29, 1.82) is 0 Å². The molecule has 0 aliphatic carbocycles. The fourth-order valence-electron chi connectivity index (χ4n) is 2.36. The lowest BCUT2D eigenvalue weighted by Gasteiger charge is -2.21. The van der Waals surface area contributed by atoms with E-state index in [9.17, 15) is 13.5 Å². The van der Waals surface area contributed by atoms with Gasteiger partial charge in [-0.1, -0.05) is 56.3 Å². The third-order valence-corrected chi connectivity index (χ3v) is 5.60. The van der Waals surface area contributed by atoms with Crippen LogP contribution in [-0.2, 0) is 16.6 Å². The van der Waals surface area contributed by atoms with Crippen molar-refractivity contribution in [3.05, 3.63) is 65.7 Å². The Morgan fingerprint density at radius 3 is 2.13 bits per heavy atom. The van der Waals surface area contributed by atoms with E-state index in [2.05, 4.69) is 13.8 Å². The highest BCUT2D eigenvalue weighted by molar-refractivity contribution is 7.89. The number of benzene rings is 2. The van der Waals surface area contributed by atoms with E-state index in [-0.39, 0.29) is 24.6 Å². The maximum Gasteiger partial charge on any atom is 0.243 e. The standard InChI is InChI=1S/C18H23NO3S/c1-15(2)17-8-10-18(11-9-17)23(21,22)19(12-13-20)14-16-6-4-3-5-7-16/h3-11,15,20H,12-14H2,1-2H3. The molecule has 4 nitrogen and oxygen atoms in total. The van der Waals surface area contributed by atoms with Gasteiger partial charge in [-0.3, -0.25) is 0 Å². The largest absolute Gasteiger partial charge is 0.395 e. The van der Waals surface area contributed by atoms with Crippen molar-refractivity contribution in [2.75, 3.05) is 13.2 Å². The summed E-state index contributed by atoms with van der Waals surface area (Å²) in [7, 11) is -3.63. The number of aliphatic hydroxyl groups excluding tert-OH is 1. The van der Waals surface area contributed by atoms with Crippen LogP contribution in [0.1, 0.15) is 30.9 Å². The minimum atomic E-state index is -3.63. The molecule has 0 aliphatic rings. The summed E-state index contributed by atoms with van der Waals surface area (Å²) < 4.78 is 27.0. The molecule has 0 heterocycles. The molecule has 2 rings (SSSR count). The topological polar surface area (TPSA) is 57.6 Å². The Kier molecular flexibility index (Phi) is 5.93. The van der Waals surface area contributed by atoms with Crippen LogP contribution < -0.4 is 0 Å². The van der Waals surface area contributed by atoms with E-state index in [0.29, 0.717) is 5.92 Å². The summed E-state index contributed by atoms with van der Waals surface area (Å²) in [5.41, 5.74) is 1.99. The molecule has 0 saturated carbocycles. The van der Waals surface area contributed by atoms with Gasteiger partial charge in [0, 0.05) is 13.1 Å². The fourth-order valence-corrected chi connectivity index (χ4v) is 3.78. The predicted molar refractivity (Wildman–Crippen MR) is 91.7 cm³/mol. The molecule has 0 radical (unpaired) electrons. The van der Waals surface area contributed by atoms with E-state index in [1.54, 1.807) is 12.1 Å². The van der Waals surface area contributed by atoms with Crippen molar-refractivity contribution in [2.45, 2.75) is 31.2 Å². The molecule has 124 valence electrons. The normalized spacial score (nSPS) is 12.0. The number of rotatable bonds is 7. The number of sulfonamides is 1. The minimum absolute atomic E-state index is 0.0726. The molecular formula is C18H23NO3S. The van der Waals surface area contributed by atoms with Crippen LogP contribution in [0.3, 0.4) is 0 Å². The second-order valence-electron chi connectivity index (χ2n) is 5.77. The Balaban J connectivity index is 2.29. The van der Waals surface area contributed by atoms with E-state index < -0.39 is 10.0 Å². The number of hydrogen-bond donors (Lipinski definition) is 1. The highest BCUT2D eigenvalue weighted by Gasteiger charge is 2.24. The quantitative estimate of drug-likeness (QED) is 0.847. The number of aliphatic hydroxyl groups is 1. The summed E-state index contributed by atoms with van der Waals surface area (Å²) >= 11 is 0. The Morgan fingerprint density at radius 1 is 1.00 bits per heavy atom. The van der Waals surface area contributed by atoms with Gasteiger partial charge >= 0.3 is 0 Å². The van der Waals surface area contributed by atoms with Gasteiger partial charge < -0.3 is 5.11 Å². The summed E-state index contributed by atoms with van der Waals surface area (Å²) in [5, 5.41) is 9.24. The molecule has 0 saturated heterocycles. The molecule has 0 fully saturated rings. The predicted octanol–water partition coefficient (Wildman–Crippen LogP) is 2.99. The summed E-state index contributed by atoms with van der Waals surface area (Å²) in [4.78, 5) is 0.256. The smallest absolute Gasteiger partial charge is 0.243 e. The van der Waals surface area contributed by atoms with Crippen molar-refractivity contribution < 1.29 is 13.5 Å².